The second-order valence-corrected chi connectivity index (χ2v) is 9.41. The summed E-state index contributed by atoms with van der Waals surface area (Å²) in [5, 5.41) is 3.31. The van der Waals surface area contributed by atoms with Crippen molar-refractivity contribution in [2.75, 3.05) is 19.8 Å². The lowest BCUT2D eigenvalue weighted by Crippen LogP contribution is -2.50. The van der Waals surface area contributed by atoms with Crippen LogP contribution >= 0.6 is 11.6 Å². The molecule has 0 aliphatic heterocycles. The summed E-state index contributed by atoms with van der Waals surface area (Å²) in [6.45, 7) is 1.58. The molecular weight excluding hydrogens is 428 g/mol. The van der Waals surface area contributed by atoms with E-state index >= 15 is 0 Å². The van der Waals surface area contributed by atoms with Crippen molar-refractivity contribution in [3.05, 3.63) is 64.9 Å². The van der Waals surface area contributed by atoms with Crippen LogP contribution < -0.4 is 5.32 Å². The summed E-state index contributed by atoms with van der Waals surface area (Å²) in [7, 11) is -2.22. The Bertz CT molecular complexity index is 968. The highest BCUT2D eigenvalue weighted by Crippen LogP contribution is 2.14. The van der Waals surface area contributed by atoms with Gasteiger partial charge in [-0.15, -0.1) is 0 Å². The van der Waals surface area contributed by atoms with E-state index in [1.54, 1.807) is 49.5 Å². The highest BCUT2D eigenvalue weighted by molar-refractivity contribution is 7.88. The minimum atomic E-state index is -3.54. The molecule has 0 fully saturated rings. The van der Waals surface area contributed by atoms with E-state index in [1.807, 2.05) is 6.07 Å². The van der Waals surface area contributed by atoms with Gasteiger partial charge in [0.1, 0.15) is 6.04 Å². The maximum atomic E-state index is 12.9. The van der Waals surface area contributed by atoms with E-state index in [9.17, 15) is 18.0 Å². The predicted octanol–water partition coefficient (Wildman–Crippen LogP) is 1.66. The third-order valence-electron chi connectivity index (χ3n) is 4.53. The highest BCUT2D eigenvalue weighted by Gasteiger charge is 2.28. The van der Waals surface area contributed by atoms with E-state index in [0.29, 0.717) is 10.7 Å². The molecule has 0 bridgehead atoms. The fraction of sp³-hybridized carbons (Fsp3) is 0.350. The number of aromatic nitrogens is 1. The number of benzene rings is 1. The van der Waals surface area contributed by atoms with E-state index in [2.05, 4.69) is 10.3 Å². The van der Waals surface area contributed by atoms with Gasteiger partial charge in [-0.25, -0.2) is 8.42 Å². The summed E-state index contributed by atoms with van der Waals surface area (Å²) < 4.78 is 24.4. The number of nitrogens with one attached hydrogen (secondary N) is 1. The van der Waals surface area contributed by atoms with Gasteiger partial charge < -0.3 is 10.2 Å². The number of nitrogens with zero attached hydrogens (tertiary/aromatic N) is 3. The Kier molecular flexibility index (Phi) is 8.33. The Morgan fingerprint density at radius 2 is 1.83 bits per heavy atom. The van der Waals surface area contributed by atoms with Crippen LogP contribution in [-0.4, -0.2) is 60.3 Å². The fourth-order valence-corrected chi connectivity index (χ4v) is 3.07. The molecule has 10 heteroatoms. The molecule has 1 heterocycles. The van der Waals surface area contributed by atoms with E-state index in [0.717, 1.165) is 16.1 Å². The Morgan fingerprint density at radius 3 is 2.40 bits per heavy atom. The molecule has 30 heavy (non-hydrogen) atoms. The number of hydrogen-bond donors (Lipinski definition) is 1. The zero-order valence-corrected chi connectivity index (χ0v) is 18.7. The van der Waals surface area contributed by atoms with Crippen LogP contribution in [0.3, 0.4) is 0 Å². The molecule has 1 atom stereocenters. The van der Waals surface area contributed by atoms with Crippen molar-refractivity contribution >= 4 is 33.4 Å². The van der Waals surface area contributed by atoms with Crippen LogP contribution in [0.1, 0.15) is 18.2 Å². The molecule has 0 saturated heterocycles. The number of halogens is 1. The van der Waals surface area contributed by atoms with Gasteiger partial charge in [0.05, 0.1) is 25.0 Å². The molecule has 0 radical (unpaired) electrons. The van der Waals surface area contributed by atoms with E-state index in [-0.39, 0.29) is 25.5 Å². The van der Waals surface area contributed by atoms with Gasteiger partial charge in [-0.2, -0.15) is 4.31 Å². The number of hydrogen-bond acceptors (Lipinski definition) is 5. The zero-order chi connectivity index (χ0) is 22.3. The first-order valence-corrected chi connectivity index (χ1v) is 11.4. The van der Waals surface area contributed by atoms with Crippen LogP contribution in [0.4, 0.5) is 0 Å². The molecule has 8 nitrogen and oxygen atoms in total. The van der Waals surface area contributed by atoms with Crippen LogP contribution in [0.5, 0.6) is 0 Å². The van der Waals surface area contributed by atoms with Crippen LogP contribution in [0.25, 0.3) is 0 Å². The van der Waals surface area contributed by atoms with Gasteiger partial charge in [-0.3, -0.25) is 14.6 Å². The maximum absolute atomic E-state index is 12.9. The topological polar surface area (TPSA) is 99.7 Å². The largest absolute Gasteiger partial charge is 0.349 e. The van der Waals surface area contributed by atoms with E-state index in [1.165, 1.54) is 11.9 Å². The molecule has 2 rings (SSSR count). The van der Waals surface area contributed by atoms with Crippen molar-refractivity contribution in [2.45, 2.75) is 26.1 Å². The molecule has 1 aromatic heterocycles. The fourth-order valence-electron chi connectivity index (χ4n) is 2.60. The van der Waals surface area contributed by atoms with Crippen LogP contribution in [0.15, 0.2) is 48.7 Å². The quantitative estimate of drug-likeness (QED) is 0.623. The molecular formula is C20H25ClN4O4S. The van der Waals surface area contributed by atoms with Gasteiger partial charge in [-0.05, 0) is 36.8 Å². The number of rotatable bonds is 9. The molecule has 0 saturated carbocycles. The molecule has 0 spiro atoms. The van der Waals surface area contributed by atoms with Crippen molar-refractivity contribution in [3.8, 4) is 0 Å². The number of sulfonamides is 1. The van der Waals surface area contributed by atoms with Gasteiger partial charge in [-0.1, -0.05) is 29.8 Å². The Morgan fingerprint density at radius 1 is 1.17 bits per heavy atom. The lowest BCUT2D eigenvalue weighted by molar-refractivity contribution is -0.140. The molecule has 0 aliphatic carbocycles. The van der Waals surface area contributed by atoms with Gasteiger partial charge in [0.15, 0.2) is 0 Å². The molecule has 1 aromatic carbocycles. The number of amides is 2. The molecule has 0 unspecified atom stereocenters. The minimum absolute atomic E-state index is 0.131. The monoisotopic (exact) mass is 452 g/mol. The lowest BCUT2D eigenvalue weighted by Gasteiger charge is -2.30. The number of carbonyl (C=O) groups is 2. The van der Waals surface area contributed by atoms with Crippen molar-refractivity contribution in [2.24, 2.45) is 0 Å². The standard InChI is InChI=1S/C20H25ClN4O4S/c1-15(20(27)23-12-18-6-4-5-11-22-18)25(13-16-7-9-17(21)10-8-16)19(26)14-24(2)30(3,28)29/h4-11,15H,12-14H2,1-3H3,(H,23,27)/t15-/m1/s1. The summed E-state index contributed by atoms with van der Waals surface area (Å²) in [6.07, 6.45) is 2.65. The van der Waals surface area contributed by atoms with Crippen molar-refractivity contribution in [1.29, 1.82) is 0 Å². The summed E-state index contributed by atoms with van der Waals surface area (Å²) >= 11 is 5.92. The molecule has 0 aliphatic rings. The summed E-state index contributed by atoms with van der Waals surface area (Å²) in [5.41, 5.74) is 1.45. The Labute approximate surface area is 181 Å². The smallest absolute Gasteiger partial charge is 0.242 e. The van der Waals surface area contributed by atoms with Crippen LogP contribution in [-0.2, 0) is 32.7 Å². The minimum Gasteiger partial charge on any atom is -0.349 e. The van der Waals surface area contributed by atoms with Crippen molar-refractivity contribution in [1.82, 2.24) is 19.5 Å². The maximum Gasteiger partial charge on any atom is 0.242 e. The van der Waals surface area contributed by atoms with Gasteiger partial charge in [0, 0.05) is 24.8 Å². The molecule has 1 N–H and O–H groups in total. The van der Waals surface area contributed by atoms with Crippen LogP contribution in [0.2, 0.25) is 5.02 Å². The van der Waals surface area contributed by atoms with E-state index in [4.69, 9.17) is 11.6 Å². The predicted molar refractivity (Wildman–Crippen MR) is 115 cm³/mol. The zero-order valence-electron chi connectivity index (χ0n) is 17.1. The normalized spacial score (nSPS) is 12.4. The van der Waals surface area contributed by atoms with Gasteiger partial charge in [0.25, 0.3) is 0 Å². The van der Waals surface area contributed by atoms with Gasteiger partial charge in [0.2, 0.25) is 21.8 Å². The first kappa shape index (κ1) is 23.8. The first-order chi connectivity index (χ1) is 14.1. The van der Waals surface area contributed by atoms with Gasteiger partial charge >= 0.3 is 0 Å². The SMILES string of the molecule is C[C@H](C(=O)NCc1ccccn1)N(Cc1ccc(Cl)cc1)C(=O)CN(C)S(C)(=O)=O. The lowest BCUT2D eigenvalue weighted by atomic mass is 10.1. The Hall–Kier alpha value is -2.49. The second-order valence-electron chi connectivity index (χ2n) is 6.88. The van der Waals surface area contributed by atoms with Crippen LogP contribution in [0, 0.1) is 0 Å². The third kappa shape index (κ3) is 7.08. The first-order valence-electron chi connectivity index (χ1n) is 9.20. The summed E-state index contributed by atoms with van der Waals surface area (Å²) in [5.74, 6) is -0.858. The second kappa shape index (κ2) is 10.5. The average Bonchev–Trinajstić information content (AvgIpc) is 2.71. The molecule has 2 aromatic rings. The summed E-state index contributed by atoms with van der Waals surface area (Å²) in [6, 6.07) is 11.4. The third-order valence-corrected chi connectivity index (χ3v) is 6.04. The number of pyridine rings is 1. The Balaban J connectivity index is 2.16. The van der Waals surface area contributed by atoms with Crippen molar-refractivity contribution in [3.63, 3.8) is 0 Å². The molecule has 2 amide bonds. The average molecular weight is 453 g/mol. The molecule has 162 valence electrons. The summed E-state index contributed by atoms with van der Waals surface area (Å²) in [4.78, 5) is 31.1. The number of carbonyl (C=O) groups excluding carboxylic acids is 2. The van der Waals surface area contributed by atoms with Crippen molar-refractivity contribution < 1.29 is 18.0 Å². The van der Waals surface area contributed by atoms with E-state index < -0.39 is 22.0 Å². The highest BCUT2D eigenvalue weighted by atomic mass is 35.5. The number of likely N-dealkylation sites (N-methyl/N-ethyl adjacent to an activating group) is 1.